The molecule has 0 amide bonds. The summed E-state index contributed by atoms with van der Waals surface area (Å²) in [5.74, 6) is 5.82. The Hall–Kier alpha value is -1.65. The molecule has 1 unspecified atom stereocenters. The zero-order valence-corrected chi connectivity index (χ0v) is 12.0. The van der Waals surface area contributed by atoms with E-state index in [1.165, 1.54) is 36.0 Å². The van der Waals surface area contributed by atoms with Crippen molar-refractivity contribution < 1.29 is 0 Å². The Morgan fingerprint density at radius 2 is 2.15 bits per heavy atom. The van der Waals surface area contributed by atoms with Crippen molar-refractivity contribution in [1.82, 2.24) is 15.2 Å². The number of hydrogen-bond acceptors (Lipinski definition) is 3. The third-order valence-electron chi connectivity index (χ3n) is 4.10. The van der Waals surface area contributed by atoms with Crippen molar-refractivity contribution in [2.45, 2.75) is 45.2 Å². The minimum absolute atomic E-state index is 0.00921. The van der Waals surface area contributed by atoms with Crippen molar-refractivity contribution in [2.24, 2.45) is 5.84 Å². The minimum Gasteiger partial charge on any atom is -0.271 e. The number of nitrogens with zero attached hydrogens (tertiary/aromatic N) is 2. The highest BCUT2D eigenvalue weighted by Gasteiger charge is 2.19. The summed E-state index contributed by atoms with van der Waals surface area (Å²) >= 11 is 0. The Morgan fingerprint density at radius 3 is 2.95 bits per heavy atom. The molecule has 0 spiro atoms. The van der Waals surface area contributed by atoms with Gasteiger partial charge in [-0.2, -0.15) is 5.10 Å². The number of aryl methyl sites for hydroxylation is 3. The first-order valence-electron chi connectivity index (χ1n) is 7.43. The normalized spacial score (nSPS) is 15.3. The Bertz CT molecular complexity index is 588. The minimum atomic E-state index is 0.00921. The quantitative estimate of drug-likeness (QED) is 0.647. The Balaban J connectivity index is 1.95. The average Bonchev–Trinajstić information content (AvgIpc) is 3.09. The van der Waals surface area contributed by atoms with Crippen LogP contribution in [0, 0.1) is 0 Å². The molecule has 0 bridgehead atoms. The number of benzene rings is 1. The highest BCUT2D eigenvalue weighted by molar-refractivity contribution is 5.38. The molecule has 1 heterocycles. The fourth-order valence-corrected chi connectivity index (χ4v) is 3.11. The van der Waals surface area contributed by atoms with Gasteiger partial charge in [-0.25, -0.2) is 5.43 Å². The fraction of sp³-hybridized carbons (Fsp3) is 0.438. The number of aromatic nitrogens is 2. The molecule has 106 valence electrons. The highest BCUT2D eigenvalue weighted by Crippen LogP contribution is 2.28. The molecular weight excluding hydrogens is 248 g/mol. The third kappa shape index (κ3) is 2.37. The van der Waals surface area contributed by atoms with Crippen LogP contribution < -0.4 is 11.3 Å². The van der Waals surface area contributed by atoms with Crippen molar-refractivity contribution in [3.63, 3.8) is 0 Å². The molecule has 3 N–H and O–H groups in total. The first-order valence-corrected chi connectivity index (χ1v) is 7.43. The molecule has 0 fully saturated rings. The zero-order chi connectivity index (χ0) is 13.9. The van der Waals surface area contributed by atoms with E-state index in [2.05, 4.69) is 35.6 Å². The third-order valence-corrected chi connectivity index (χ3v) is 4.10. The van der Waals surface area contributed by atoms with Gasteiger partial charge in [0, 0.05) is 12.7 Å². The smallest absolute Gasteiger partial charge is 0.0878 e. The van der Waals surface area contributed by atoms with Crippen molar-refractivity contribution in [2.75, 3.05) is 0 Å². The molecule has 4 nitrogen and oxygen atoms in total. The van der Waals surface area contributed by atoms with E-state index in [1.54, 1.807) is 0 Å². The van der Waals surface area contributed by atoms with Crippen LogP contribution in [0.1, 0.15) is 48.2 Å². The van der Waals surface area contributed by atoms with Crippen molar-refractivity contribution in [3.8, 4) is 0 Å². The predicted molar refractivity (Wildman–Crippen MR) is 80.2 cm³/mol. The van der Waals surface area contributed by atoms with Crippen LogP contribution in [-0.2, 0) is 19.4 Å². The average molecular weight is 270 g/mol. The lowest BCUT2D eigenvalue weighted by molar-refractivity contribution is 0.521. The maximum Gasteiger partial charge on any atom is 0.0878 e. The summed E-state index contributed by atoms with van der Waals surface area (Å²) in [6.45, 7) is 3.08. The molecule has 1 aliphatic rings. The highest BCUT2D eigenvalue weighted by atomic mass is 15.3. The van der Waals surface area contributed by atoms with Gasteiger partial charge < -0.3 is 0 Å². The molecule has 1 aromatic carbocycles. The number of rotatable bonds is 5. The molecule has 1 atom stereocenters. The van der Waals surface area contributed by atoms with E-state index in [0.29, 0.717) is 0 Å². The lowest BCUT2D eigenvalue weighted by atomic mass is 9.99. The fourth-order valence-electron chi connectivity index (χ4n) is 3.11. The van der Waals surface area contributed by atoms with Gasteiger partial charge in [-0.05, 0) is 48.4 Å². The molecule has 3 rings (SSSR count). The monoisotopic (exact) mass is 270 g/mol. The molecule has 0 aliphatic heterocycles. The van der Waals surface area contributed by atoms with Gasteiger partial charge in [0.2, 0.25) is 0 Å². The van der Waals surface area contributed by atoms with E-state index in [9.17, 15) is 0 Å². The molecule has 0 saturated carbocycles. The van der Waals surface area contributed by atoms with Gasteiger partial charge in [-0.1, -0.05) is 25.1 Å². The van der Waals surface area contributed by atoms with Gasteiger partial charge in [0.05, 0.1) is 11.7 Å². The standard InChI is InChI=1S/C16H22N4/c1-2-10-20-15(8-9-18-20)16(19-17)14-7-6-12-4-3-5-13(12)11-14/h6-9,11,16,19H,2-5,10,17H2,1H3. The van der Waals surface area contributed by atoms with Crippen LogP contribution in [0.5, 0.6) is 0 Å². The lowest BCUT2D eigenvalue weighted by Gasteiger charge is -2.19. The van der Waals surface area contributed by atoms with Crippen LogP contribution in [-0.4, -0.2) is 9.78 Å². The summed E-state index contributed by atoms with van der Waals surface area (Å²) in [6.07, 6.45) is 6.59. The largest absolute Gasteiger partial charge is 0.271 e. The van der Waals surface area contributed by atoms with Crippen LogP contribution in [0.3, 0.4) is 0 Å². The van der Waals surface area contributed by atoms with Gasteiger partial charge in [-0.3, -0.25) is 10.5 Å². The molecule has 0 saturated heterocycles. The number of nitrogens with one attached hydrogen (secondary N) is 1. The second kappa shape index (κ2) is 5.77. The zero-order valence-electron chi connectivity index (χ0n) is 12.0. The number of nitrogens with two attached hydrogens (primary N) is 1. The van der Waals surface area contributed by atoms with E-state index in [4.69, 9.17) is 5.84 Å². The summed E-state index contributed by atoms with van der Waals surface area (Å²) in [6, 6.07) is 8.80. The summed E-state index contributed by atoms with van der Waals surface area (Å²) in [4.78, 5) is 0. The van der Waals surface area contributed by atoms with E-state index in [-0.39, 0.29) is 6.04 Å². The summed E-state index contributed by atoms with van der Waals surface area (Å²) < 4.78 is 2.04. The summed E-state index contributed by atoms with van der Waals surface area (Å²) in [7, 11) is 0. The first kappa shape index (κ1) is 13.3. The van der Waals surface area contributed by atoms with Gasteiger partial charge in [-0.15, -0.1) is 0 Å². The molecule has 1 aliphatic carbocycles. The number of fused-ring (bicyclic) bond motifs is 1. The summed E-state index contributed by atoms with van der Waals surface area (Å²) in [5.41, 5.74) is 8.28. The summed E-state index contributed by atoms with van der Waals surface area (Å²) in [5, 5.41) is 4.39. The van der Waals surface area contributed by atoms with E-state index < -0.39 is 0 Å². The molecule has 2 aromatic rings. The Labute approximate surface area is 120 Å². The van der Waals surface area contributed by atoms with Gasteiger partial charge in [0.1, 0.15) is 0 Å². The van der Waals surface area contributed by atoms with Crippen molar-refractivity contribution in [1.29, 1.82) is 0 Å². The molecule has 1 aromatic heterocycles. The van der Waals surface area contributed by atoms with Crippen LogP contribution in [0.2, 0.25) is 0 Å². The maximum absolute atomic E-state index is 5.82. The molecule has 0 radical (unpaired) electrons. The van der Waals surface area contributed by atoms with Crippen molar-refractivity contribution >= 4 is 0 Å². The second-order valence-electron chi connectivity index (χ2n) is 5.46. The van der Waals surface area contributed by atoms with Crippen LogP contribution in [0.15, 0.2) is 30.5 Å². The SMILES string of the molecule is CCCn1nccc1C(NN)c1ccc2c(c1)CCC2. The topological polar surface area (TPSA) is 55.9 Å². The van der Waals surface area contributed by atoms with E-state index in [1.807, 2.05) is 16.9 Å². The predicted octanol–water partition coefficient (Wildman–Crippen LogP) is 2.33. The molecule has 4 heteroatoms. The molecule has 20 heavy (non-hydrogen) atoms. The van der Waals surface area contributed by atoms with Crippen molar-refractivity contribution in [3.05, 3.63) is 52.8 Å². The number of hydrogen-bond donors (Lipinski definition) is 2. The maximum atomic E-state index is 5.82. The first-order chi connectivity index (χ1) is 9.83. The van der Waals surface area contributed by atoms with Crippen LogP contribution >= 0.6 is 0 Å². The lowest BCUT2D eigenvalue weighted by Crippen LogP contribution is -2.30. The van der Waals surface area contributed by atoms with E-state index in [0.717, 1.165) is 18.7 Å². The van der Waals surface area contributed by atoms with Gasteiger partial charge >= 0.3 is 0 Å². The second-order valence-corrected chi connectivity index (χ2v) is 5.46. The van der Waals surface area contributed by atoms with E-state index >= 15 is 0 Å². The van der Waals surface area contributed by atoms with Gasteiger partial charge in [0.25, 0.3) is 0 Å². The Morgan fingerprint density at radius 1 is 1.30 bits per heavy atom. The van der Waals surface area contributed by atoms with Crippen LogP contribution in [0.25, 0.3) is 0 Å². The Kier molecular flexibility index (Phi) is 3.85. The number of hydrazine groups is 1. The van der Waals surface area contributed by atoms with Crippen LogP contribution in [0.4, 0.5) is 0 Å². The van der Waals surface area contributed by atoms with Gasteiger partial charge in [0.15, 0.2) is 0 Å². The molecular formula is C16H22N4.